The zero-order valence-electron chi connectivity index (χ0n) is 15.7. The number of benzene rings is 1. The summed E-state index contributed by atoms with van der Waals surface area (Å²) in [6, 6.07) is 9.62. The summed E-state index contributed by atoms with van der Waals surface area (Å²) in [5.41, 5.74) is 1.07. The summed E-state index contributed by atoms with van der Waals surface area (Å²) >= 11 is 7.50. The molecule has 2 rings (SSSR count). The van der Waals surface area contributed by atoms with Crippen LogP contribution >= 0.6 is 22.9 Å². The minimum absolute atomic E-state index is 0.0139. The maximum absolute atomic E-state index is 12.3. The van der Waals surface area contributed by atoms with Gasteiger partial charge in [0.2, 0.25) is 5.91 Å². The molecule has 2 aromatic rings. The number of amides is 1. The molecule has 0 bridgehead atoms. The van der Waals surface area contributed by atoms with Crippen LogP contribution in [0.3, 0.4) is 0 Å². The van der Waals surface area contributed by atoms with E-state index in [0.29, 0.717) is 44.1 Å². The molecule has 0 fully saturated rings. The molecule has 1 amide bonds. The van der Waals surface area contributed by atoms with Crippen LogP contribution in [-0.2, 0) is 17.8 Å². The molecule has 27 heavy (non-hydrogen) atoms. The largest absolute Gasteiger partial charge is 0.493 e. The topological polar surface area (TPSA) is 50.8 Å². The Kier molecular flexibility index (Phi) is 8.64. The number of carbonyl (C=O) groups excluding carboxylic acids is 1. The first-order valence-corrected chi connectivity index (χ1v) is 9.80. The number of nitrogens with one attached hydrogen (secondary N) is 1. The van der Waals surface area contributed by atoms with E-state index < -0.39 is 0 Å². The predicted molar refractivity (Wildman–Crippen MR) is 111 cm³/mol. The molecular formula is C20H25ClN2O3S. The second-order valence-electron chi connectivity index (χ2n) is 5.95. The smallest absolute Gasteiger partial charge is 0.234 e. The van der Waals surface area contributed by atoms with Gasteiger partial charge in [0.05, 0.1) is 25.1 Å². The first-order valence-electron chi connectivity index (χ1n) is 8.60. The fraction of sp³-hybridized carbons (Fsp3) is 0.350. The van der Waals surface area contributed by atoms with Crippen molar-refractivity contribution in [3.8, 4) is 11.5 Å². The summed E-state index contributed by atoms with van der Waals surface area (Å²) in [6.07, 6.45) is 2.51. The van der Waals surface area contributed by atoms with Crippen LogP contribution in [0, 0.1) is 0 Å². The van der Waals surface area contributed by atoms with Gasteiger partial charge in [-0.1, -0.05) is 23.7 Å². The molecule has 0 spiro atoms. The summed E-state index contributed by atoms with van der Waals surface area (Å²) in [4.78, 5) is 15.4. The van der Waals surface area contributed by atoms with Crippen LogP contribution in [0.1, 0.15) is 10.4 Å². The number of carbonyl (C=O) groups is 1. The Morgan fingerprint density at radius 1 is 1.26 bits per heavy atom. The van der Waals surface area contributed by atoms with Gasteiger partial charge in [-0.2, -0.15) is 0 Å². The number of rotatable bonds is 11. The van der Waals surface area contributed by atoms with Crippen LogP contribution in [0.4, 0.5) is 0 Å². The maximum atomic E-state index is 12.3. The molecule has 0 radical (unpaired) electrons. The zero-order chi connectivity index (χ0) is 19.6. The Balaban J connectivity index is 1.82. The van der Waals surface area contributed by atoms with E-state index in [0.717, 1.165) is 14.8 Å². The van der Waals surface area contributed by atoms with Crippen molar-refractivity contribution in [1.29, 1.82) is 0 Å². The van der Waals surface area contributed by atoms with Gasteiger partial charge in [0.1, 0.15) is 0 Å². The Hall–Kier alpha value is -2.02. The molecule has 1 N–H and O–H groups in total. The summed E-state index contributed by atoms with van der Waals surface area (Å²) < 4.78 is 11.3. The molecule has 0 aliphatic heterocycles. The van der Waals surface area contributed by atoms with Crippen molar-refractivity contribution in [2.75, 3.05) is 33.9 Å². The molecule has 1 aromatic carbocycles. The second kappa shape index (κ2) is 11.0. The molecule has 0 unspecified atom stereocenters. The molecule has 7 heteroatoms. The SMILES string of the molecule is C=CCN(CC(=O)NCCc1ccc(OC)c(OC)c1)Cc1ccc(Cl)s1. The Morgan fingerprint density at radius 2 is 2.04 bits per heavy atom. The van der Waals surface area contributed by atoms with E-state index in [-0.39, 0.29) is 5.91 Å². The van der Waals surface area contributed by atoms with E-state index >= 15 is 0 Å². The predicted octanol–water partition coefficient (Wildman–Crippen LogP) is 3.77. The lowest BCUT2D eigenvalue weighted by molar-refractivity contribution is -0.122. The molecule has 0 aliphatic carbocycles. The Labute approximate surface area is 169 Å². The third-order valence-electron chi connectivity index (χ3n) is 3.95. The molecule has 146 valence electrons. The van der Waals surface area contributed by atoms with Gasteiger partial charge in [-0.15, -0.1) is 17.9 Å². The van der Waals surface area contributed by atoms with E-state index in [9.17, 15) is 4.79 Å². The third-order valence-corrected chi connectivity index (χ3v) is 5.16. The van der Waals surface area contributed by atoms with Gasteiger partial charge in [-0.3, -0.25) is 9.69 Å². The first-order chi connectivity index (χ1) is 13.0. The van der Waals surface area contributed by atoms with Crippen LogP contribution in [0.2, 0.25) is 4.34 Å². The average Bonchev–Trinajstić information content (AvgIpc) is 3.06. The highest BCUT2D eigenvalue weighted by molar-refractivity contribution is 7.16. The van der Waals surface area contributed by atoms with E-state index in [2.05, 4.69) is 11.9 Å². The minimum atomic E-state index is -0.0139. The maximum Gasteiger partial charge on any atom is 0.234 e. The van der Waals surface area contributed by atoms with Crippen LogP contribution < -0.4 is 14.8 Å². The lowest BCUT2D eigenvalue weighted by Crippen LogP contribution is -2.37. The monoisotopic (exact) mass is 408 g/mol. The van der Waals surface area contributed by atoms with Crippen LogP contribution in [-0.4, -0.2) is 44.7 Å². The summed E-state index contributed by atoms with van der Waals surface area (Å²) in [7, 11) is 3.22. The molecule has 0 aliphatic rings. The van der Waals surface area contributed by atoms with Crippen molar-refractivity contribution >= 4 is 28.8 Å². The molecule has 0 saturated heterocycles. The third kappa shape index (κ3) is 6.90. The lowest BCUT2D eigenvalue weighted by Gasteiger charge is -2.19. The van der Waals surface area contributed by atoms with Crippen LogP contribution in [0.5, 0.6) is 11.5 Å². The number of halogens is 1. The fourth-order valence-corrected chi connectivity index (χ4v) is 3.80. The fourth-order valence-electron chi connectivity index (χ4n) is 2.67. The summed E-state index contributed by atoms with van der Waals surface area (Å²) in [6.45, 7) is 5.95. The summed E-state index contributed by atoms with van der Waals surface area (Å²) in [5.74, 6) is 1.37. The van der Waals surface area contributed by atoms with Crippen molar-refractivity contribution < 1.29 is 14.3 Å². The standard InChI is InChI=1S/C20H25ClN2O3S/c1-4-11-23(13-16-6-8-19(21)27-16)14-20(24)22-10-9-15-5-7-17(25-2)18(12-15)26-3/h4-8,12H,1,9-11,13-14H2,2-3H3,(H,22,24). The number of thiophene rings is 1. The van der Waals surface area contributed by atoms with Crippen molar-refractivity contribution in [1.82, 2.24) is 10.2 Å². The highest BCUT2D eigenvalue weighted by Gasteiger charge is 2.11. The number of nitrogens with zero attached hydrogens (tertiary/aromatic N) is 1. The van der Waals surface area contributed by atoms with Crippen molar-refractivity contribution in [3.63, 3.8) is 0 Å². The number of methoxy groups -OCH3 is 2. The van der Waals surface area contributed by atoms with Crippen molar-refractivity contribution in [3.05, 3.63) is 57.8 Å². The molecule has 1 heterocycles. The molecule has 0 saturated carbocycles. The number of hydrogen-bond acceptors (Lipinski definition) is 5. The quantitative estimate of drug-likeness (QED) is 0.575. The highest BCUT2D eigenvalue weighted by Crippen LogP contribution is 2.27. The van der Waals surface area contributed by atoms with Gasteiger partial charge in [-0.25, -0.2) is 0 Å². The molecular weight excluding hydrogens is 384 g/mol. The normalized spacial score (nSPS) is 10.7. The van der Waals surface area contributed by atoms with Gasteiger partial charge in [-0.05, 0) is 36.2 Å². The van der Waals surface area contributed by atoms with Crippen LogP contribution in [0.25, 0.3) is 0 Å². The summed E-state index contributed by atoms with van der Waals surface area (Å²) in [5, 5.41) is 2.97. The second-order valence-corrected chi connectivity index (χ2v) is 7.75. The van der Waals surface area contributed by atoms with E-state index in [1.807, 2.05) is 35.2 Å². The van der Waals surface area contributed by atoms with E-state index in [1.54, 1.807) is 20.3 Å². The van der Waals surface area contributed by atoms with E-state index in [4.69, 9.17) is 21.1 Å². The molecule has 0 atom stereocenters. The van der Waals surface area contributed by atoms with Crippen LogP contribution in [0.15, 0.2) is 43.0 Å². The van der Waals surface area contributed by atoms with Gasteiger partial charge >= 0.3 is 0 Å². The molecule has 5 nitrogen and oxygen atoms in total. The van der Waals surface area contributed by atoms with Crippen molar-refractivity contribution in [2.45, 2.75) is 13.0 Å². The minimum Gasteiger partial charge on any atom is -0.493 e. The lowest BCUT2D eigenvalue weighted by atomic mass is 10.1. The number of ether oxygens (including phenoxy) is 2. The van der Waals surface area contributed by atoms with Gasteiger partial charge in [0, 0.05) is 24.5 Å². The molecule has 1 aromatic heterocycles. The number of hydrogen-bond donors (Lipinski definition) is 1. The van der Waals surface area contributed by atoms with E-state index in [1.165, 1.54) is 11.3 Å². The highest BCUT2D eigenvalue weighted by atomic mass is 35.5. The Bertz CT molecular complexity index is 763. The Morgan fingerprint density at radius 3 is 2.67 bits per heavy atom. The van der Waals surface area contributed by atoms with Gasteiger partial charge < -0.3 is 14.8 Å². The van der Waals surface area contributed by atoms with Crippen molar-refractivity contribution in [2.24, 2.45) is 0 Å². The van der Waals surface area contributed by atoms with Gasteiger partial charge in [0.15, 0.2) is 11.5 Å². The zero-order valence-corrected chi connectivity index (χ0v) is 17.2. The average molecular weight is 409 g/mol. The van der Waals surface area contributed by atoms with Gasteiger partial charge in [0.25, 0.3) is 0 Å². The first kappa shape index (κ1) is 21.3.